The summed E-state index contributed by atoms with van der Waals surface area (Å²) in [5.41, 5.74) is 0. The van der Waals surface area contributed by atoms with Crippen molar-refractivity contribution < 1.29 is 28.8 Å². The molecule has 1 aliphatic heterocycles. The van der Waals surface area contributed by atoms with Crippen LogP contribution in [0.2, 0.25) is 0 Å². The SMILES string of the molecule is CCOCCOC(=O)C(S)(OCCO)C1CCCCO1. The highest BCUT2D eigenvalue weighted by atomic mass is 32.1. The first-order valence-corrected chi connectivity index (χ1v) is 7.43. The molecule has 7 heteroatoms. The monoisotopic (exact) mass is 308 g/mol. The van der Waals surface area contributed by atoms with Crippen molar-refractivity contribution in [1.82, 2.24) is 0 Å². The number of carbonyl (C=O) groups is 1. The van der Waals surface area contributed by atoms with Gasteiger partial charge in [0, 0.05) is 13.2 Å². The van der Waals surface area contributed by atoms with Crippen LogP contribution in [-0.4, -0.2) is 61.8 Å². The number of rotatable bonds is 9. The average molecular weight is 308 g/mol. The largest absolute Gasteiger partial charge is 0.460 e. The van der Waals surface area contributed by atoms with Gasteiger partial charge in [0.05, 0.1) is 19.8 Å². The molecule has 0 bridgehead atoms. The quantitative estimate of drug-likeness (QED) is 0.284. The Bertz CT molecular complexity index is 282. The second-order valence-corrected chi connectivity index (χ2v) is 5.12. The van der Waals surface area contributed by atoms with Crippen LogP contribution in [0.15, 0.2) is 0 Å². The molecule has 20 heavy (non-hydrogen) atoms. The summed E-state index contributed by atoms with van der Waals surface area (Å²) >= 11 is 4.34. The van der Waals surface area contributed by atoms with E-state index >= 15 is 0 Å². The number of hydrogen-bond acceptors (Lipinski definition) is 7. The zero-order chi connectivity index (χ0) is 14.8. The van der Waals surface area contributed by atoms with Gasteiger partial charge in [-0.3, -0.25) is 0 Å². The first-order valence-electron chi connectivity index (χ1n) is 6.99. The van der Waals surface area contributed by atoms with Crippen LogP contribution in [0.25, 0.3) is 0 Å². The summed E-state index contributed by atoms with van der Waals surface area (Å²) in [7, 11) is 0. The normalized spacial score (nSPS) is 22.2. The van der Waals surface area contributed by atoms with Gasteiger partial charge in [0.25, 0.3) is 0 Å². The third-order valence-corrected chi connectivity index (χ3v) is 3.59. The molecule has 0 aromatic rings. The highest BCUT2D eigenvalue weighted by Gasteiger charge is 2.47. The van der Waals surface area contributed by atoms with E-state index in [1.165, 1.54) is 0 Å². The molecule has 0 aromatic carbocycles. The summed E-state index contributed by atoms with van der Waals surface area (Å²) in [4.78, 5) is 10.7. The maximum absolute atomic E-state index is 12.2. The molecule has 1 N–H and O–H groups in total. The Labute approximate surface area is 125 Å². The minimum atomic E-state index is -1.48. The van der Waals surface area contributed by atoms with Gasteiger partial charge in [-0.15, -0.1) is 12.6 Å². The highest BCUT2D eigenvalue weighted by molar-refractivity contribution is 7.82. The molecule has 0 amide bonds. The molecule has 1 rings (SSSR count). The van der Waals surface area contributed by atoms with Gasteiger partial charge in [0.15, 0.2) is 0 Å². The molecule has 0 aliphatic carbocycles. The Balaban J connectivity index is 2.57. The molecule has 6 nitrogen and oxygen atoms in total. The average Bonchev–Trinajstić information content (AvgIpc) is 2.49. The molecule has 2 atom stereocenters. The highest BCUT2D eigenvalue weighted by Crippen LogP contribution is 2.31. The number of esters is 1. The van der Waals surface area contributed by atoms with Crippen LogP contribution in [-0.2, 0) is 23.7 Å². The van der Waals surface area contributed by atoms with E-state index in [1.807, 2.05) is 6.92 Å². The summed E-state index contributed by atoms with van der Waals surface area (Å²) in [5, 5.41) is 8.88. The van der Waals surface area contributed by atoms with Crippen molar-refractivity contribution in [3.05, 3.63) is 0 Å². The fourth-order valence-electron chi connectivity index (χ4n) is 1.97. The molecular weight excluding hydrogens is 284 g/mol. The number of aliphatic hydroxyl groups excluding tert-OH is 1. The minimum Gasteiger partial charge on any atom is -0.460 e. The molecular formula is C13H24O6S. The number of thiol groups is 1. The van der Waals surface area contributed by atoms with Gasteiger partial charge in [0.1, 0.15) is 12.7 Å². The van der Waals surface area contributed by atoms with Crippen LogP contribution in [0.3, 0.4) is 0 Å². The number of ether oxygens (including phenoxy) is 4. The maximum atomic E-state index is 12.2. The second kappa shape index (κ2) is 9.57. The van der Waals surface area contributed by atoms with E-state index in [4.69, 9.17) is 24.1 Å². The number of carbonyl (C=O) groups excluding carboxylic acids is 1. The van der Waals surface area contributed by atoms with Crippen LogP contribution in [0.4, 0.5) is 0 Å². The van der Waals surface area contributed by atoms with Crippen LogP contribution < -0.4 is 0 Å². The predicted octanol–water partition coefficient (Wildman–Crippen LogP) is 0.770. The van der Waals surface area contributed by atoms with Gasteiger partial charge in [-0.25, -0.2) is 4.79 Å². The zero-order valence-corrected chi connectivity index (χ0v) is 12.8. The lowest BCUT2D eigenvalue weighted by molar-refractivity contribution is -0.180. The molecule has 2 unspecified atom stereocenters. The van der Waals surface area contributed by atoms with Crippen LogP contribution >= 0.6 is 12.6 Å². The number of hydrogen-bond donors (Lipinski definition) is 2. The molecule has 0 saturated carbocycles. The van der Waals surface area contributed by atoms with Crippen molar-refractivity contribution in [3.8, 4) is 0 Å². The topological polar surface area (TPSA) is 74.2 Å². The molecule has 1 heterocycles. The third kappa shape index (κ3) is 5.21. The first-order chi connectivity index (χ1) is 9.65. The summed E-state index contributed by atoms with van der Waals surface area (Å²) < 4.78 is 21.2. The lowest BCUT2D eigenvalue weighted by Crippen LogP contribution is -2.51. The van der Waals surface area contributed by atoms with E-state index < -0.39 is 17.0 Å². The number of aliphatic hydroxyl groups is 1. The van der Waals surface area contributed by atoms with E-state index in [1.54, 1.807) is 0 Å². The molecule has 0 aromatic heterocycles. The van der Waals surface area contributed by atoms with E-state index in [2.05, 4.69) is 12.6 Å². The van der Waals surface area contributed by atoms with Crippen molar-refractivity contribution in [3.63, 3.8) is 0 Å². The van der Waals surface area contributed by atoms with Crippen LogP contribution in [0.1, 0.15) is 26.2 Å². The van der Waals surface area contributed by atoms with E-state index in [9.17, 15) is 4.79 Å². The van der Waals surface area contributed by atoms with E-state index in [0.29, 0.717) is 26.2 Å². The molecule has 1 aliphatic rings. The smallest absolute Gasteiger partial charge is 0.351 e. The van der Waals surface area contributed by atoms with E-state index in [-0.39, 0.29) is 19.8 Å². The summed E-state index contributed by atoms with van der Waals surface area (Å²) in [6.45, 7) is 3.29. The van der Waals surface area contributed by atoms with Crippen LogP contribution in [0.5, 0.6) is 0 Å². The molecule has 1 fully saturated rings. The lowest BCUT2D eigenvalue weighted by Gasteiger charge is -2.36. The standard InChI is InChI=1S/C13H24O6S/c1-2-16-9-10-18-12(15)13(20,19-8-6-14)11-5-3-4-7-17-11/h11,14,20H,2-10H2,1H3. The molecule has 1 saturated heterocycles. The van der Waals surface area contributed by atoms with Crippen molar-refractivity contribution >= 4 is 18.6 Å². The van der Waals surface area contributed by atoms with Crippen molar-refractivity contribution in [2.45, 2.75) is 37.2 Å². The summed E-state index contributed by atoms with van der Waals surface area (Å²) in [6, 6.07) is 0. The minimum absolute atomic E-state index is 0.00389. The Morgan fingerprint density at radius 3 is 2.80 bits per heavy atom. The van der Waals surface area contributed by atoms with Gasteiger partial charge in [-0.05, 0) is 26.2 Å². The Morgan fingerprint density at radius 2 is 2.20 bits per heavy atom. The van der Waals surface area contributed by atoms with Gasteiger partial charge in [0.2, 0.25) is 4.93 Å². The molecule has 0 spiro atoms. The van der Waals surface area contributed by atoms with Gasteiger partial charge < -0.3 is 24.1 Å². The lowest BCUT2D eigenvalue weighted by atomic mass is 10.0. The Hall–Kier alpha value is -0.340. The van der Waals surface area contributed by atoms with Crippen molar-refractivity contribution in [2.24, 2.45) is 0 Å². The fourth-order valence-corrected chi connectivity index (χ4v) is 2.33. The van der Waals surface area contributed by atoms with Gasteiger partial charge in [-0.1, -0.05) is 0 Å². The van der Waals surface area contributed by atoms with Crippen LogP contribution in [0, 0.1) is 0 Å². The van der Waals surface area contributed by atoms with Crippen molar-refractivity contribution in [1.29, 1.82) is 0 Å². The molecule has 0 radical (unpaired) electrons. The maximum Gasteiger partial charge on any atom is 0.351 e. The predicted molar refractivity (Wildman–Crippen MR) is 75.8 cm³/mol. The molecule has 118 valence electrons. The Morgan fingerprint density at radius 1 is 1.40 bits per heavy atom. The third-order valence-electron chi connectivity index (χ3n) is 2.99. The Kier molecular flexibility index (Phi) is 8.47. The zero-order valence-electron chi connectivity index (χ0n) is 11.9. The van der Waals surface area contributed by atoms with E-state index in [0.717, 1.165) is 12.8 Å². The van der Waals surface area contributed by atoms with Gasteiger partial charge >= 0.3 is 5.97 Å². The van der Waals surface area contributed by atoms with Crippen molar-refractivity contribution in [2.75, 3.05) is 39.6 Å². The van der Waals surface area contributed by atoms with Gasteiger partial charge in [-0.2, -0.15) is 0 Å². The summed E-state index contributed by atoms with van der Waals surface area (Å²) in [5.74, 6) is -0.596. The summed E-state index contributed by atoms with van der Waals surface area (Å²) in [6.07, 6.45) is 2.11. The second-order valence-electron chi connectivity index (χ2n) is 4.46. The first kappa shape index (κ1) is 17.7. The fraction of sp³-hybridized carbons (Fsp3) is 0.923.